The fraction of sp³-hybridized carbons (Fsp3) is 0.500. The van der Waals surface area contributed by atoms with Crippen molar-refractivity contribution in [3.05, 3.63) is 33.3 Å². The van der Waals surface area contributed by atoms with Crippen molar-refractivity contribution in [2.45, 2.75) is 32.4 Å². The minimum Gasteiger partial charge on any atom is -0.391 e. The van der Waals surface area contributed by atoms with E-state index in [0.29, 0.717) is 5.02 Å². The highest BCUT2D eigenvalue weighted by molar-refractivity contribution is 9.10. The van der Waals surface area contributed by atoms with E-state index in [1.807, 2.05) is 26.0 Å². The maximum absolute atomic E-state index is 10.1. The van der Waals surface area contributed by atoms with Gasteiger partial charge in [-0.1, -0.05) is 47.8 Å². The molecule has 0 aromatic heterocycles. The summed E-state index contributed by atoms with van der Waals surface area (Å²) in [5.74, 6) is 0.157. The fourth-order valence-electron chi connectivity index (χ4n) is 1.55. The lowest BCUT2D eigenvalue weighted by Gasteiger charge is -2.25. The van der Waals surface area contributed by atoms with Crippen molar-refractivity contribution in [3.63, 3.8) is 0 Å². The van der Waals surface area contributed by atoms with Crippen LogP contribution >= 0.6 is 27.5 Å². The molecule has 1 aromatic rings. The van der Waals surface area contributed by atoms with E-state index in [-0.39, 0.29) is 5.92 Å². The summed E-state index contributed by atoms with van der Waals surface area (Å²) in [6.07, 6.45) is 0.317. The van der Waals surface area contributed by atoms with Gasteiger partial charge in [-0.05, 0) is 29.7 Å². The topological polar surface area (TPSA) is 46.2 Å². The quantitative estimate of drug-likeness (QED) is 0.894. The van der Waals surface area contributed by atoms with E-state index >= 15 is 0 Å². The minimum atomic E-state index is -0.572. The standard InChI is InChI=1S/C12H17BrClNO/c1-3-7(2)12(16)11(15)9-6-8(13)4-5-10(9)14/h4-7,11-12,16H,3,15H2,1-2H3/t7?,11-,12+/m1/s1. The Kier molecular flexibility index (Phi) is 5.25. The van der Waals surface area contributed by atoms with Crippen LogP contribution in [0.15, 0.2) is 22.7 Å². The maximum atomic E-state index is 10.1. The molecule has 90 valence electrons. The third kappa shape index (κ3) is 3.20. The monoisotopic (exact) mass is 305 g/mol. The average molecular weight is 307 g/mol. The summed E-state index contributed by atoms with van der Waals surface area (Å²) in [6, 6.07) is 5.05. The van der Waals surface area contributed by atoms with Crippen LogP contribution in [0, 0.1) is 5.92 Å². The number of hydrogen-bond acceptors (Lipinski definition) is 2. The van der Waals surface area contributed by atoms with Gasteiger partial charge in [0.05, 0.1) is 12.1 Å². The van der Waals surface area contributed by atoms with Crippen molar-refractivity contribution in [3.8, 4) is 0 Å². The average Bonchev–Trinajstić information content (AvgIpc) is 2.29. The second-order valence-corrected chi connectivity index (χ2v) is 5.39. The van der Waals surface area contributed by atoms with E-state index < -0.39 is 12.1 Å². The van der Waals surface area contributed by atoms with Crippen LogP contribution in [0.25, 0.3) is 0 Å². The number of nitrogens with two attached hydrogens (primary N) is 1. The Labute approximate surface area is 110 Å². The predicted octanol–water partition coefficient (Wildman–Crippen LogP) is 3.51. The van der Waals surface area contributed by atoms with Gasteiger partial charge < -0.3 is 10.8 Å². The van der Waals surface area contributed by atoms with Gasteiger partial charge in [0.1, 0.15) is 0 Å². The molecule has 1 rings (SSSR count). The maximum Gasteiger partial charge on any atom is 0.0758 e. The van der Waals surface area contributed by atoms with Crippen LogP contribution < -0.4 is 5.73 Å². The Morgan fingerprint density at radius 2 is 2.12 bits per heavy atom. The molecule has 0 amide bonds. The molecule has 1 unspecified atom stereocenters. The predicted molar refractivity (Wildman–Crippen MR) is 71.5 cm³/mol. The fourth-order valence-corrected chi connectivity index (χ4v) is 2.17. The molecular weight excluding hydrogens is 289 g/mol. The molecule has 2 nitrogen and oxygen atoms in total. The summed E-state index contributed by atoms with van der Waals surface area (Å²) in [5, 5.41) is 10.7. The van der Waals surface area contributed by atoms with E-state index in [4.69, 9.17) is 17.3 Å². The zero-order chi connectivity index (χ0) is 12.3. The number of aliphatic hydroxyl groups excluding tert-OH is 1. The molecule has 0 saturated heterocycles. The van der Waals surface area contributed by atoms with Gasteiger partial charge in [-0.2, -0.15) is 0 Å². The van der Waals surface area contributed by atoms with Crippen molar-refractivity contribution in [1.82, 2.24) is 0 Å². The molecule has 0 aliphatic carbocycles. The lowest BCUT2D eigenvalue weighted by molar-refractivity contribution is 0.0880. The zero-order valence-corrected chi connectivity index (χ0v) is 11.8. The highest BCUT2D eigenvalue weighted by atomic mass is 79.9. The van der Waals surface area contributed by atoms with Crippen LogP contribution in [0.5, 0.6) is 0 Å². The summed E-state index contributed by atoms with van der Waals surface area (Å²) in [4.78, 5) is 0. The summed E-state index contributed by atoms with van der Waals surface area (Å²) in [7, 11) is 0. The number of rotatable bonds is 4. The van der Waals surface area contributed by atoms with Gasteiger partial charge in [0.25, 0.3) is 0 Å². The van der Waals surface area contributed by atoms with Gasteiger partial charge in [0.2, 0.25) is 0 Å². The first-order valence-corrected chi connectivity index (χ1v) is 6.53. The molecule has 0 radical (unpaired) electrons. The first-order chi connectivity index (χ1) is 7.47. The van der Waals surface area contributed by atoms with Crippen LogP contribution in [0.1, 0.15) is 31.9 Å². The minimum absolute atomic E-state index is 0.157. The van der Waals surface area contributed by atoms with E-state index in [9.17, 15) is 5.11 Å². The van der Waals surface area contributed by atoms with Crippen LogP contribution in [-0.4, -0.2) is 11.2 Å². The number of hydrogen-bond donors (Lipinski definition) is 2. The third-order valence-electron chi connectivity index (χ3n) is 2.91. The van der Waals surface area contributed by atoms with Crippen LogP contribution in [-0.2, 0) is 0 Å². The van der Waals surface area contributed by atoms with E-state index in [0.717, 1.165) is 16.5 Å². The molecule has 0 spiro atoms. The van der Waals surface area contributed by atoms with Gasteiger partial charge in [-0.3, -0.25) is 0 Å². The normalized spacial score (nSPS) is 16.9. The van der Waals surface area contributed by atoms with Crippen LogP contribution in [0.2, 0.25) is 5.02 Å². The molecule has 1 aromatic carbocycles. The molecule has 16 heavy (non-hydrogen) atoms. The van der Waals surface area contributed by atoms with Gasteiger partial charge in [-0.15, -0.1) is 0 Å². The van der Waals surface area contributed by atoms with Crippen LogP contribution in [0.3, 0.4) is 0 Å². The Bertz CT molecular complexity index is 359. The lowest BCUT2D eigenvalue weighted by atomic mass is 9.91. The highest BCUT2D eigenvalue weighted by Gasteiger charge is 2.23. The van der Waals surface area contributed by atoms with Crippen LogP contribution in [0.4, 0.5) is 0 Å². The number of aliphatic hydroxyl groups is 1. The molecule has 0 aliphatic rings. The number of halogens is 2. The van der Waals surface area contributed by atoms with Gasteiger partial charge in [0, 0.05) is 9.50 Å². The molecule has 4 heteroatoms. The van der Waals surface area contributed by atoms with Crippen molar-refractivity contribution in [2.75, 3.05) is 0 Å². The second kappa shape index (κ2) is 6.01. The van der Waals surface area contributed by atoms with E-state index in [2.05, 4.69) is 15.9 Å². The Morgan fingerprint density at radius 1 is 1.50 bits per heavy atom. The van der Waals surface area contributed by atoms with Crippen molar-refractivity contribution >= 4 is 27.5 Å². The van der Waals surface area contributed by atoms with Gasteiger partial charge >= 0.3 is 0 Å². The lowest BCUT2D eigenvalue weighted by Crippen LogP contribution is -2.31. The SMILES string of the molecule is CCC(C)[C@H](O)[C@H](N)c1cc(Br)ccc1Cl. The molecule has 0 heterocycles. The van der Waals surface area contributed by atoms with Gasteiger partial charge in [0.15, 0.2) is 0 Å². The molecule has 0 saturated carbocycles. The molecule has 3 N–H and O–H groups in total. The summed E-state index contributed by atoms with van der Waals surface area (Å²) < 4.78 is 0.915. The van der Waals surface area contributed by atoms with Gasteiger partial charge in [-0.25, -0.2) is 0 Å². The van der Waals surface area contributed by atoms with Crippen molar-refractivity contribution < 1.29 is 5.11 Å². The Balaban J connectivity index is 2.95. The first-order valence-electron chi connectivity index (χ1n) is 5.36. The highest BCUT2D eigenvalue weighted by Crippen LogP contribution is 2.29. The molecule has 0 bridgehead atoms. The largest absolute Gasteiger partial charge is 0.391 e. The third-order valence-corrected chi connectivity index (χ3v) is 3.75. The first kappa shape index (κ1) is 14.0. The molecule has 0 aliphatic heterocycles. The summed E-state index contributed by atoms with van der Waals surface area (Å²) in [5.41, 5.74) is 6.81. The van der Waals surface area contributed by atoms with E-state index in [1.165, 1.54) is 0 Å². The Hall–Kier alpha value is -0.0900. The smallest absolute Gasteiger partial charge is 0.0758 e. The molecule has 3 atom stereocenters. The second-order valence-electron chi connectivity index (χ2n) is 4.07. The molecule has 0 fully saturated rings. The van der Waals surface area contributed by atoms with Crippen molar-refractivity contribution in [2.24, 2.45) is 11.7 Å². The summed E-state index contributed by atoms with van der Waals surface area (Å²) in [6.45, 7) is 4.01. The van der Waals surface area contributed by atoms with Crippen molar-refractivity contribution in [1.29, 1.82) is 0 Å². The summed E-state index contributed by atoms with van der Waals surface area (Å²) >= 11 is 9.44. The molecular formula is C12H17BrClNO. The zero-order valence-electron chi connectivity index (χ0n) is 9.45. The Morgan fingerprint density at radius 3 is 2.69 bits per heavy atom. The van der Waals surface area contributed by atoms with E-state index in [1.54, 1.807) is 6.07 Å². The number of benzene rings is 1.